The summed E-state index contributed by atoms with van der Waals surface area (Å²) in [4.78, 5) is 13.5. The van der Waals surface area contributed by atoms with Gasteiger partial charge >= 0.3 is 6.18 Å². The number of ether oxygens (including phenoxy) is 1. The van der Waals surface area contributed by atoms with Gasteiger partial charge in [0.1, 0.15) is 22.9 Å². The summed E-state index contributed by atoms with van der Waals surface area (Å²) in [5.74, 6) is -2.37. The lowest BCUT2D eigenvalue weighted by Crippen LogP contribution is -2.40. The molecular formula is C21H27F5N2O2. The molecule has 2 aliphatic rings. The van der Waals surface area contributed by atoms with Crippen LogP contribution in [0, 0.1) is 17.6 Å². The summed E-state index contributed by atoms with van der Waals surface area (Å²) in [5.41, 5.74) is -0.991. The molecule has 1 aromatic rings. The van der Waals surface area contributed by atoms with Crippen LogP contribution in [0.2, 0.25) is 0 Å². The molecule has 1 aliphatic heterocycles. The highest BCUT2D eigenvalue weighted by Gasteiger charge is 2.39. The van der Waals surface area contributed by atoms with Gasteiger partial charge in [0, 0.05) is 17.7 Å². The fraction of sp³-hybridized carbons (Fsp3) is 0.667. The highest BCUT2D eigenvalue weighted by molar-refractivity contribution is 5.95. The van der Waals surface area contributed by atoms with Gasteiger partial charge in [-0.15, -0.1) is 0 Å². The Morgan fingerprint density at radius 1 is 1.20 bits per heavy atom. The maximum atomic E-state index is 14.2. The zero-order valence-electron chi connectivity index (χ0n) is 17.0. The third kappa shape index (κ3) is 6.55. The van der Waals surface area contributed by atoms with Crippen LogP contribution in [0.5, 0.6) is 5.75 Å². The third-order valence-electron chi connectivity index (χ3n) is 5.79. The van der Waals surface area contributed by atoms with Crippen LogP contribution < -0.4 is 10.1 Å². The Labute approximate surface area is 172 Å². The first-order chi connectivity index (χ1) is 14.0. The van der Waals surface area contributed by atoms with Crippen LogP contribution in [0.15, 0.2) is 12.1 Å². The van der Waals surface area contributed by atoms with E-state index in [0.29, 0.717) is 38.3 Å². The minimum absolute atomic E-state index is 0.0131. The number of rotatable bonds is 8. The summed E-state index contributed by atoms with van der Waals surface area (Å²) in [6, 6.07) is 2.01. The Balaban J connectivity index is 1.41. The fourth-order valence-electron chi connectivity index (χ4n) is 3.75. The molecule has 30 heavy (non-hydrogen) atoms. The Morgan fingerprint density at radius 3 is 2.33 bits per heavy atom. The molecule has 0 spiro atoms. The van der Waals surface area contributed by atoms with Crippen molar-refractivity contribution < 1.29 is 31.5 Å². The molecule has 0 unspecified atom stereocenters. The molecule has 1 saturated carbocycles. The van der Waals surface area contributed by atoms with E-state index < -0.39 is 35.8 Å². The number of nitrogens with zero attached hydrogens (tertiary/aromatic N) is 1. The van der Waals surface area contributed by atoms with Crippen LogP contribution >= 0.6 is 0 Å². The molecule has 1 heterocycles. The zero-order valence-corrected chi connectivity index (χ0v) is 17.0. The fourth-order valence-corrected chi connectivity index (χ4v) is 3.75. The van der Waals surface area contributed by atoms with E-state index in [2.05, 4.69) is 5.32 Å². The number of halogens is 5. The minimum atomic E-state index is -4.17. The van der Waals surface area contributed by atoms with E-state index in [1.165, 1.54) is 4.90 Å². The summed E-state index contributed by atoms with van der Waals surface area (Å²) in [6.45, 7) is 2.03. The number of alkyl halides is 3. The van der Waals surface area contributed by atoms with Gasteiger partial charge in [0.25, 0.3) is 5.91 Å². The first-order valence-corrected chi connectivity index (χ1v) is 10.3. The van der Waals surface area contributed by atoms with Crippen LogP contribution in [0.4, 0.5) is 22.0 Å². The van der Waals surface area contributed by atoms with Crippen molar-refractivity contribution >= 4 is 5.91 Å². The van der Waals surface area contributed by atoms with Gasteiger partial charge < -0.3 is 10.1 Å². The number of piperidine rings is 1. The van der Waals surface area contributed by atoms with Crippen molar-refractivity contribution in [2.45, 2.75) is 57.2 Å². The molecule has 168 valence electrons. The smallest absolute Gasteiger partial charge is 0.401 e. The summed E-state index contributed by atoms with van der Waals surface area (Å²) in [7, 11) is 0. The molecule has 1 aromatic carbocycles. The summed E-state index contributed by atoms with van der Waals surface area (Å²) < 4.78 is 71.2. The highest BCUT2D eigenvalue weighted by atomic mass is 19.4. The minimum Gasteiger partial charge on any atom is -0.493 e. The zero-order chi connectivity index (χ0) is 21.9. The second kappa shape index (κ2) is 9.08. The van der Waals surface area contributed by atoms with Gasteiger partial charge in [-0.05, 0) is 64.5 Å². The van der Waals surface area contributed by atoms with Gasteiger partial charge in [-0.2, -0.15) is 13.2 Å². The van der Waals surface area contributed by atoms with Crippen molar-refractivity contribution in [3.63, 3.8) is 0 Å². The molecule has 1 N–H and O–H groups in total. The van der Waals surface area contributed by atoms with E-state index in [-0.39, 0.29) is 17.9 Å². The first-order valence-electron chi connectivity index (χ1n) is 10.3. The number of hydrogen-bond acceptors (Lipinski definition) is 3. The largest absolute Gasteiger partial charge is 0.493 e. The molecule has 1 aliphatic carbocycles. The highest BCUT2D eigenvalue weighted by Crippen LogP contribution is 2.35. The van der Waals surface area contributed by atoms with Crippen LogP contribution in [0.3, 0.4) is 0 Å². The van der Waals surface area contributed by atoms with E-state index in [1.807, 2.05) is 6.92 Å². The molecule has 0 radical (unpaired) electrons. The van der Waals surface area contributed by atoms with E-state index >= 15 is 0 Å². The van der Waals surface area contributed by atoms with E-state index in [1.54, 1.807) is 0 Å². The lowest BCUT2D eigenvalue weighted by molar-refractivity contribution is -0.148. The summed E-state index contributed by atoms with van der Waals surface area (Å²) >= 11 is 0. The molecule has 0 aromatic heterocycles. The Hall–Kier alpha value is -1.90. The monoisotopic (exact) mass is 434 g/mol. The average Bonchev–Trinajstić information content (AvgIpc) is 3.35. The second-order valence-electron chi connectivity index (χ2n) is 8.60. The number of carbonyl (C=O) groups is 1. The topological polar surface area (TPSA) is 41.6 Å². The van der Waals surface area contributed by atoms with Crippen molar-refractivity contribution in [3.8, 4) is 5.75 Å². The molecule has 4 nitrogen and oxygen atoms in total. The number of likely N-dealkylation sites (tertiary alicyclic amines) is 1. The predicted octanol–water partition coefficient (Wildman–Crippen LogP) is 4.68. The van der Waals surface area contributed by atoms with Crippen molar-refractivity contribution in [3.05, 3.63) is 29.3 Å². The number of amides is 1. The van der Waals surface area contributed by atoms with Gasteiger partial charge in [0.05, 0.1) is 13.2 Å². The molecule has 0 atom stereocenters. The summed E-state index contributed by atoms with van der Waals surface area (Å²) in [6.07, 6.45) is 0.203. The molecule has 1 saturated heterocycles. The lowest BCUT2D eigenvalue weighted by atomic mass is 9.92. The van der Waals surface area contributed by atoms with Gasteiger partial charge in [-0.3, -0.25) is 9.69 Å². The maximum absolute atomic E-state index is 14.2. The molecular weight excluding hydrogens is 407 g/mol. The number of hydrogen-bond donors (Lipinski definition) is 1. The number of carbonyl (C=O) groups excluding carboxylic acids is 1. The van der Waals surface area contributed by atoms with Crippen LogP contribution in [0.1, 0.15) is 55.8 Å². The first kappa shape index (κ1) is 22.8. The van der Waals surface area contributed by atoms with Gasteiger partial charge in [-0.1, -0.05) is 0 Å². The van der Waals surface area contributed by atoms with Crippen LogP contribution in [-0.4, -0.2) is 48.8 Å². The Bertz CT molecular complexity index is 733. The van der Waals surface area contributed by atoms with Gasteiger partial charge in [0.2, 0.25) is 0 Å². The second-order valence-corrected chi connectivity index (χ2v) is 8.60. The molecule has 3 rings (SSSR count). The normalized spacial score (nSPS) is 19.5. The van der Waals surface area contributed by atoms with Crippen LogP contribution in [0.25, 0.3) is 0 Å². The average molecular weight is 434 g/mol. The van der Waals surface area contributed by atoms with E-state index in [9.17, 15) is 26.7 Å². The third-order valence-corrected chi connectivity index (χ3v) is 5.79. The number of nitrogens with one attached hydrogen (secondary N) is 1. The quantitative estimate of drug-likeness (QED) is 0.477. The molecule has 0 bridgehead atoms. The maximum Gasteiger partial charge on any atom is 0.401 e. The van der Waals surface area contributed by atoms with Crippen molar-refractivity contribution in [2.75, 3.05) is 26.2 Å². The summed E-state index contributed by atoms with van der Waals surface area (Å²) in [5, 5.41) is 2.63. The van der Waals surface area contributed by atoms with Crippen molar-refractivity contribution in [2.24, 2.45) is 5.92 Å². The standard InChI is InChI=1S/C21H27F5N2O2/c1-20(6-7-20)27-19(29)18-16(22)11-15(12-17(18)23)30-10-2-3-14-4-8-28(9-5-14)13-21(24,25)26/h11-12,14H,2-10,13H2,1H3,(H,27,29). The Kier molecular flexibility index (Phi) is 6.89. The van der Waals surface area contributed by atoms with E-state index in [0.717, 1.165) is 31.4 Å². The molecule has 2 fully saturated rings. The van der Waals surface area contributed by atoms with E-state index in [4.69, 9.17) is 4.74 Å². The van der Waals surface area contributed by atoms with Crippen molar-refractivity contribution in [1.82, 2.24) is 10.2 Å². The van der Waals surface area contributed by atoms with Gasteiger partial charge in [-0.25, -0.2) is 8.78 Å². The van der Waals surface area contributed by atoms with Gasteiger partial charge in [0.15, 0.2) is 0 Å². The number of benzene rings is 1. The Morgan fingerprint density at radius 2 is 1.80 bits per heavy atom. The lowest BCUT2D eigenvalue weighted by Gasteiger charge is -2.32. The molecule has 1 amide bonds. The van der Waals surface area contributed by atoms with Crippen molar-refractivity contribution in [1.29, 1.82) is 0 Å². The molecule has 9 heteroatoms. The van der Waals surface area contributed by atoms with Crippen LogP contribution in [-0.2, 0) is 0 Å². The SMILES string of the molecule is CC1(NC(=O)c2c(F)cc(OCCCC3CCN(CC(F)(F)F)CC3)cc2F)CC1. The predicted molar refractivity (Wildman–Crippen MR) is 101 cm³/mol.